The van der Waals surface area contributed by atoms with Crippen LogP contribution in [-0.4, -0.2) is 41.5 Å². The van der Waals surface area contributed by atoms with Crippen molar-refractivity contribution in [2.24, 2.45) is 5.73 Å². The third kappa shape index (κ3) is 8.16. The van der Waals surface area contributed by atoms with Crippen molar-refractivity contribution in [3.8, 4) is 0 Å². The lowest BCUT2D eigenvalue weighted by molar-refractivity contribution is -0.122. The monoisotopic (exact) mass is 243 g/mol. The average Bonchev–Trinajstić information content (AvgIpc) is 2.07. The van der Waals surface area contributed by atoms with Gasteiger partial charge in [0.1, 0.15) is 0 Å². The summed E-state index contributed by atoms with van der Waals surface area (Å²) in [5, 5.41) is 2.92. The molecule has 0 saturated heterocycles. The molecule has 3 N–H and O–H groups in total. The zero-order valence-corrected chi connectivity index (χ0v) is 12.2. The summed E-state index contributed by atoms with van der Waals surface area (Å²) in [6, 6.07) is 0.996. The second-order valence-corrected chi connectivity index (χ2v) is 5.94. The molecule has 0 aromatic rings. The van der Waals surface area contributed by atoms with Gasteiger partial charge in [0, 0.05) is 37.1 Å². The van der Waals surface area contributed by atoms with Crippen LogP contribution in [0, 0.1) is 0 Å². The molecular weight excluding hydrogens is 214 g/mol. The van der Waals surface area contributed by atoms with Crippen molar-refractivity contribution in [1.82, 2.24) is 10.2 Å². The quantitative estimate of drug-likeness (QED) is 0.709. The molecule has 0 fully saturated rings. The Morgan fingerprint density at radius 1 is 1.24 bits per heavy atom. The van der Waals surface area contributed by atoms with Crippen LogP contribution in [0.25, 0.3) is 0 Å². The van der Waals surface area contributed by atoms with Crippen LogP contribution in [0.1, 0.15) is 48.0 Å². The number of rotatable bonds is 7. The van der Waals surface area contributed by atoms with Crippen LogP contribution in [0.15, 0.2) is 0 Å². The second-order valence-electron chi connectivity index (χ2n) is 5.94. The Balaban J connectivity index is 3.93. The third-order valence-electron chi connectivity index (χ3n) is 2.63. The van der Waals surface area contributed by atoms with Gasteiger partial charge in [0.25, 0.3) is 0 Å². The minimum Gasteiger partial charge on any atom is -0.355 e. The summed E-state index contributed by atoms with van der Waals surface area (Å²) in [5.41, 5.74) is 5.36. The van der Waals surface area contributed by atoms with E-state index in [4.69, 9.17) is 5.73 Å². The van der Waals surface area contributed by atoms with Gasteiger partial charge in [0.2, 0.25) is 5.91 Å². The predicted octanol–water partition coefficient (Wildman–Crippen LogP) is 1.35. The lowest BCUT2D eigenvalue weighted by Gasteiger charge is -2.30. The number of carbonyl (C=O) groups is 1. The number of hydrogen-bond acceptors (Lipinski definition) is 3. The summed E-state index contributed by atoms with van der Waals surface area (Å²) in [5.74, 6) is 0.0324. The van der Waals surface area contributed by atoms with Gasteiger partial charge >= 0.3 is 0 Å². The first-order valence-corrected chi connectivity index (χ1v) is 6.45. The minimum absolute atomic E-state index is 0.0324. The lowest BCUT2D eigenvalue weighted by atomic mass is 10.0. The first kappa shape index (κ1) is 16.4. The molecular formula is C13H29N3O. The normalized spacial score (nSPS) is 12.6. The van der Waals surface area contributed by atoms with E-state index in [9.17, 15) is 4.79 Å². The highest BCUT2D eigenvalue weighted by molar-refractivity contribution is 5.77. The fourth-order valence-electron chi connectivity index (χ4n) is 1.91. The molecule has 0 aliphatic rings. The molecule has 0 radical (unpaired) electrons. The number of carbonyl (C=O) groups excluding carboxylic acids is 1. The Labute approximate surface area is 106 Å². The van der Waals surface area contributed by atoms with Crippen LogP contribution in [0.3, 0.4) is 0 Å². The van der Waals surface area contributed by atoms with Gasteiger partial charge in [-0.15, -0.1) is 0 Å². The van der Waals surface area contributed by atoms with Crippen molar-refractivity contribution in [1.29, 1.82) is 0 Å². The number of hydrogen-bond donors (Lipinski definition) is 2. The van der Waals surface area contributed by atoms with E-state index in [1.165, 1.54) is 0 Å². The van der Waals surface area contributed by atoms with E-state index in [1.807, 2.05) is 13.8 Å². The summed E-state index contributed by atoms with van der Waals surface area (Å²) < 4.78 is 0. The van der Waals surface area contributed by atoms with Gasteiger partial charge in [-0.25, -0.2) is 0 Å². The van der Waals surface area contributed by atoms with E-state index < -0.39 is 5.54 Å². The molecule has 102 valence electrons. The maximum atomic E-state index is 11.6. The molecule has 0 spiro atoms. The highest BCUT2D eigenvalue weighted by Crippen LogP contribution is 2.04. The minimum atomic E-state index is -0.431. The summed E-state index contributed by atoms with van der Waals surface area (Å²) in [6.07, 6.45) is 0.371. The summed E-state index contributed by atoms with van der Waals surface area (Å²) >= 11 is 0. The van der Waals surface area contributed by atoms with Gasteiger partial charge < -0.3 is 11.1 Å². The maximum absolute atomic E-state index is 11.6. The zero-order chi connectivity index (χ0) is 13.6. The molecule has 4 heteroatoms. The van der Waals surface area contributed by atoms with Crippen LogP contribution in [-0.2, 0) is 4.79 Å². The van der Waals surface area contributed by atoms with Gasteiger partial charge in [-0.3, -0.25) is 9.69 Å². The first-order valence-electron chi connectivity index (χ1n) is 6.45. The maximum Gasteiger partial charge on any atom is 0.221 e. The van der Waals surface area contributed by atoms with E-state index in [0.29, 0.717) is 25.0 Å². The van der Waals surface area contributed by atoms with Crippen molar-refractivity contribution < 1.29 is 4.79 Å². The van der Waals surface area contributed by atoms with Crippen molar-refractivity contribution in [2.75, 3.05) is 13.1 Å². The van der Waals surface area contributed by atoms with Crippen molar-refractivity contribution in [3.05, 3.63) is 0 Å². The highest BCUT2D eigenvalue weighted by atomic mass is 16.1. The van der Waals surface area contributed by atoms with Gasteiger partial charge in [-0.05, 0) is 41.5 Å². The van der Waals surface area contributed by atoms with Crippen molar-refractivity contribution >= 4 is 5.91 Å². The van der Waals surface area contributed by atoms with Crippen LogP contribution in [0.4, 0.5) is 0 Å². The molecule has 4 nitrogen and oxygen atoms in total. The standard InChI is InChI=1S/C13H29N3O/c1-10(2)16(11(3)4)8-7-15-12(17)9-13(5,6)14/h10-11H,7-9,14H2,1-6H3,(H,15,17). The van der Waals surface area contributed by atoms with Gasteiger partial charge in [0.15, 0.2) is 0 Å². The van der Waals surface area contributed by atoms with Crippen molar-refractivity contribution in [2.45, 2.75) is 65.6 Å². The highest BCUT2D eigenvalue weighted by Gasteiger charge is 2.17. The second kappa shape index (κ2) is 6.97. The van der Waals surface area contributed by atoms with E-state index in [-0.39, 0.29) is 5.91 Å². The van der Waals surface area contributed by atoms with E-state index in [0.717, 1.165) is 6.54 Å². The lowest BCUT2D eigenvalue weighted by Crippen LogP contribution is -2.44. The SMILES string of the molecule is CC(C)N(CCNC(=O)CC(C)(C)N)C(C)C. The molecule has 0 aromatic heterocycles. The fourth-order valence-corrected chi connectivity index (χ4v) is 1.91. The predicted molar refractivity (Wildman–Crippen MR) is 72.9 cm³/mol. The molecule has 0 saturated carbocycles. The smallest absolute Gasteiger partial charge is 0.221 e. The largest absolute Gasteiger partial charge is 0.355 e. The molecule has 0 aliphatic carbocycles. The first-order chi connectivity index (χ1) is 7.63. The zero-order valence-electron chi connectivity index (χ0n) is 12.2. The summed E-state index contributed by atoms with van der Waals surface area (Å²) in [6.45, 7) is 14.0. The van der Waals surface area contributed by atoms with Crippen LogP contribution < -0.4 is 11.1 Å². The number of nitrogens with two attached hydrogens (primary N) is 1. The summed E-state index contributed by atoms with van der Waals surface area (Å²) in [4.78, 5) is 13.9. The molecule has 0 aromatic carbocycles. The Hall–Kier alpha value is -0.610. The molecule has 1 amide bonds. The third-order valence-corrected chi connectivity index (χ3v) is 2.63. The average molecular weight is 243 g/mol. The molecule has 0 atom stereocenters. The van der Waals surface area contributed by atoms with Crippen LogP contribution in [0.5, 0.6) is 0 Å². The topological polar surface area (TPSA) is 58.4 Å². The van der Waals surface area contributed by atoms with Crippen molar-refractivity contribution in [3.63, 3.8) is 0 Å². The Kier molecular flexibility index (Phi) is 6.72. The Morgan fingerprint density at radius 2 is 1.71 bits per heavy atom. The van der Waals surface area contributed by atoms with E-state index >= 15 is 0 Å². The van der Waals surface area contributed by atoms with E-state index in [1.54, 1.807) is 0 Å². The van der Waals surface area contributed by atoms with Gasteiger partial charge in [-0.1, -0.05) is 0 Å². The molecule has 0 aliphatic heterocycles. The summed E-state index contributed by atoms with van der Waals surface area (Å²) in [7, 11) is 0. The Bertz CT molecular complexity index is 223. The van der Waals surface area contributed by atoms with Gasteiger partial charge in [-0.2, -0.15) is 0 Å². The number of nitrogens with zero attached hydrogens (tertiary/aromatic N) is 1. The van der Waals surface area contributed by atoms with E-state index in [2.05, 4.69) is 37.9 Å². The van der Waals surface area contributed by atoms with Crippen LogP contribution in [0.2, 0.25) is 0 Å². The number of amides is 1. The van der Waals surface area contributed by atoms with Crippen LogP contribution >= 0.6 is 0 Å². The molecule has 0 rings (SSSR count). The van der Waals surface area contributed by atoms with Gasteiger partial charge in [0.05, 0.1) is 0 Å². The molecule has 17 heavy (non-hydrogen) atoms. The molecule has 0 bridgehead atoms. The molecule has 0 unspecified atom stereocenters. The molecule has 0 heterocycles. The fraction of sp³-hybridized carbons (Fsp3) is 0.923. The Morgan fingerprint density at radius 3 is 2.06 bits per heavy atom. The number of nitrogens with one attached hydrogen (secondary N) is 1.